The number of aryl methyl sites for hydroxylation is 1. The number of benzene rings is 1. The Morgan fingerprint density at radius 1 is 1.26 bits per heavy atom. The zero-order chi connectivity index (χ0) is 22.8. The van der Waals surface area contributed by atoms with Crippen LogP contribution in [0.5, 0.6) is 0 Å². The normalized spacial score (nSPS) is 14.9. The van der Waals surface area contributed by atoms with Gasteiger partial charge < -0.3 is 4.90 Å². The lowest BCUT2D eigenvalue weighted by atomic mass is 10.1. The van der Waals surface area contributed by atoms with Gasteiger partial charge in [-0.2, -0.15) is 13.2 Å². The molecule has 3 rings (SSSR count). The molecule has 1 aromatic carbocycles. The van der Waals surface area contributed by atoms with Crippen LogP contribution in [-0.2, 0) is 16.4 Å². The fraction of sp³-hybridized carbons (Fsp3) is 0.400. The van der Waals surface area contributed by atoms with Gasteiger partial charge in [0.1, 0.15) is 27.2 Å². The van der Waals surface area contributed by atoms with Gasteiger partial charge in [-0.3, -0.25) is 9.89 Å². The van der Waals surface area contributed by atoms with Gasteiger partial charge in [-0.1, -0.05) is 6.07 Å². The van der Waals surface area contributed by atoms with Crippen molar-refractivity contribution in [3.05, 3.63) is 47.2 Å². The van der Waals surface area contributed by atoms with Gasteiger partial charge in [-0.05, 0) is 43.3 Å². The quantitative estimate of drug-likeness (QED) is 0.612. The number of thiazole rings is 1. The van der Waals surface area contributed by atoms with Crippen molar-refractivity contribution in [3.63, 3.8) is 0 Å². The number of allylic oxidation sites excluding steroid dienone is 1. The second-order valence-corrected chi connectivity index (χ2v) is 10.9. The van der Waals surface area contributed by atoms with Crippen LogP contribution >= 0.6 is 11.3 Å². The maximum atomic E-state index is 12.8. The summed E-state index contributed by atoms with van der Waals surface area (Å²) in [6.45, 7) is 2.77. The minimum Gasteiger partial charge on any atom is -0.328 e. The van der Waals surface area contributed by atoms with Gasteiger partial charge >= 0.3 is 6.18 Å². The average molecular weight is 473 g/mol. The molecule has 31 heavy (non-hydrogen) atoms. The van der Waals surface area contributed by atoms with E-state index in [1.54, 1.807) is 11.1 Å². The van der Waals surface area contributed by atoms with Crippen molar-refractivity contribution in [1.82, 2.24) is 9.88 Å². The van der Waals surface area contributed by atoms with Crippen molar-refractivity contribution < 1.29 is 21.6 Å². The standard InChI is InChI=1S/C20H23F3N4O2S2/c1-14-8-15(10-16(9-14)27-5-4-18(25-13-27)20(21,22)23)17-11-24-19(30-17)12-26(2)6-7-31(3,28)29/h4-5,8-11H,6-7,12-13H2,1-3H3. The Kier molecular flexibility index (Phi) is 6.87. The summed E-state index contributed by atoms with van der Waals surface area (Å²) in [4.78, 5) is 12.6. The minimum atomic E-state index is -4.45. The first-order valence-electron chi connectivity index (χ1n) is 9.40. The number of aliphatic imine (C=N–C) groups is 1. The highest BCUT2D eigenvalue weighted by atomic mass is 32.2. The van der Waals surface area contributed by atoms with E-state index < -0.39 is 21.7 Å². The first kappa shape index (κ1) is 23.4. The summed E-state index contributed by atoms with van der Waals surface area (Å²) in [5, 5.41) is 0.853. The highest BCUT2D eigenvalue weighted by molar-refractivity contribution is 7.90. The summed E-state index contributed by atoms with van der Waals surface area (Å²) >= 11 is 1.50. The number of hydrogen-bond donors (Lipinski definition) is 0. The van der Waals surface area contributed by atoms with E-state index in [1.807, 2.05) is 37.1 Å². The van der Waals surface area contributed by atoms with Crippen molar-refractivity contribution in [2.75, 3.05) is 37.2 Å². The van der Waals surface area contributed by atoms with E-state index in [2.05, 4.69) is 9.98 Å². The predicted octanol–water partition coefficient (Wildman–Crippen LogP) is 3.89. The van der Waals surface area contributed by atoms with E-state index in [9.17, 15) is 21.6 Å². The van der Waals surface area contributed by atoms with Crippen LogP contribution in [0.15, 0.2) is 41.7 Å². The fourth-order valence-electron chi connectivity index (χ4n) is 2.98. The SMILES string of the molecule is Cc1cc(-c2cnc(CN(C)CCS(C)(=O)=O)s2)cc(N2C=CC(C(F)(F)F)=NC2)c1. The summed E-state index contributed by atoms with van der Waals surface area (Å²) in [5.41, 5.74) is 1.74. The molecule has 0 radical (unpaired) electrons. The van der Waals surface area contributed by atoms with Crippen molar-refractivity contribution in [2.45, 2.75) is 19.6 Å². The lowest BCUT2D eigenvalue weighted by molar-refractivity contribution is -0.0579. The maximum Gasteiger partial charge on any atom is 0.433 e. The second-order valence-electron chi connectivity index (χ2n) is 7.51. The lowest BCUT2D eigenvalue weighted by Crippen LogP contribution is -2.29. The van der Waals surface area contributed by atoms with E-state index in [-0.39, 0.29) is 12.4 Å². The molecule has 0 spiro atoms. The second kappa shape index (κ2) is 9.09. The van der Waals surface area contributed by atoms with Crippen LogP contribution in [0.4, 0.5) is 18.9 Å². The van der Waals surface area contributed by atoms with E-state index >= 15 is 0 Å². The lowest BCUT2D eigenvalue weighted by Gasteiger charge is -2.23. The van der Waals surface area contributed by atoms with Crippen LogP contribution in [0.25, 0.3) is 10.4 Å². The van der Waals surface area contributed by atoms with Crippen LogP contribution in [0.3, 0.4) is 0 Å². The first-order chi connectivity index (χ1) is 14.4. The number of sulfone groups is 1. The molecule has 0 N–H and O–H groups in total. The molecule has 0 aliphatic carbocycles. The summed E-state index contributed by atoms with van der Waals surface area (Å²) in [6, 6.07) is 5.78. The Hall–Kier alpha value is -2.24. The number of nitrogens with zero attached hydrogens (tertiary/aromatic N) is 4. The molecule has 1 aromatic heterocycles. The van der Waals surface area contributed by atoms with Crippen LogP contribution in [0.2, 0.25) is 0 Å². The third-order valence-electron chi connectivity index (χ3n) is 4.58. The molecule has 2 aromatic rings. The summed E-state index contributed by atoms with van der Waals surface area (Å²) in [5.74, 6) is 0.0882. The molecule has 11 heteroatoms. The van der Waals surface area contributed by atoms with Crippen LogP contribution in [0.1, 0.15) is 10.6 Å². The van der Waals surface area contributed by atoms with Gasteiger partial charge in [-0.15, -0.1) is 11.3 Å². The van der Waals surface area contributed by atoms with Crippen molar-refractivity contribution in [1.29, 1.82) is 0 Å². The molecule has 0 fully saturated rings. The van der Waals surface area contributed by atoms with Gasteiger partial charge in [-0.25, -0.2) is 13.4 Å². The molecule has 0 bridgehead atoms. The largest absolute Gasteiger partial charge is 0.433 e. The van der Waals surface area contributed by atoms with Gasteiger partial charge in [0, 0.05) is 30.9 Å². The predicted molar refractivity (Wildman–Crippen MR) is 118 cm³/mol. The number of alkyl halides is 3. The monoisotopic (exact) mass is 472 g/mol. The Morgan fingerprint density at radius 3 is 2.61 bits per heavy atom. The van der Waals surface area contributed by atoms with Crippen molar-refractivity contribution >= 4 is 32.6 Å². The third-order valence-corrected chi connectivity index (χ3v) is 6.53. The fourth-order valence-corrected chi connectivity index (χ4v) is 4.61. The summed E-state index contributed by atoms with van der Waals surface area (Å²) < 4.78 is 61.0. The Bertz CT molecular complexity index is 1110. The van der Waals surface area contributed by atoms with Crippen LogP contribution in [-0.4, -0.2) is 62.5 Å². The number of halogens is 3. The van der Waals surface area contributed by atoms with Crippen molar-refractivity contribution in [3.8, 4) is 10.4 Å². The Balaban J connectivity index is 1.73. The topological polar surface area (TPSA) is 65.9 Å². The third kappa shape index (κ3) is 6.62. The van der Waals surface area contributed by atoms with E-state index in [0.29, 0.717) is 13.1 Å². The van der Waals surface area contributed by atoms with E-state index in [1.165, 1.54) is 23.8 Å². The molecule has 1 aliphatic rings. The molecule has 2 heterocycles. The molecule has 168 valence electrons. The molecule has 0 saturated heterocycles. The molecule has 1 aliphatic heterocycles. The smallest absolute Gasteiger partial charge is 0.328 e. The number of rotatable bonds is 7. The zero-order valence-electron chi connectivity index (χ0n) is 17.3. The molecule has 0 saturated carbocycles. The summed E-state index contributed by atoms with van der Waals surface area (Å²) in [7, 11) is -1.18. The van der Waals surface area contributed by atoms with Crippen LogP contribution in [0, 0.1) is 6.92 Å². The van der Waals surface area contributed by atoms with Gasteiger partial charge in [0.2, 0.25) is 0 Å². The summed E-state index contributed by atoms with van der Waals surface area (Å²) in [6.07, 6.45) is 0.888. The zero-order valence-corrected chi connectivity index (χ0v) is 19.0. The van der Waals surface area contributed by atoms with Crippen molar-refractivity contribution in [2.24, 2.45) is 4.99 Å². The number of hydrogen-bond acceptors (Lipinski definition) is 7. The molecule has 0 unspecified atom stereocenters. The molecular weight excluding hydrogens is 449 g/mol. The Labute approximate surface area is 183 Å². The number of anilines is 1. The molecular formula is C20H23F3N4O2S2. The van der Waals surface area contributed by atoms with E-state index in [0.717, 1.165) is 32.8 Å². The minimum absolute atomic E-state index is 0.0882. The van der Waals surface area contributed by atoms with Gasteiger partial charge in [0.05, 0.1) is 17.2 Å². The van der Waals surface area contributed by atoms with E-state index in [4.69, 9.17) is 0 Å². The van der Waals surface area contributed by atoms with Gasteiger partial charge in [0.25, 0.3) is 0 Å². The average Bonchev–Trinajstić information content (AvgIpc) is 3.13. The van der Waals surface area contributed by atoms with Crippen LogP contribution < -0.4 is 4.90 Å². The Morgan fingerprint density at radius 2 is 2.00 bits per heavy atom. The highest BCUT2D eigenvalue weighted by Gasteiger charge is 2.35. The molecule has 0 amide bonds. The molecule has 0 atom stereocenters. The maximum absolute atomic E-state index is 12.8. The number of aromatic nitrogens is 1. The van der Waals surface area contributed by atoms with Gasteiger partial charge in [0.15, 0.2) is 0 Å². The first-order valence-corrected chi connectivity index (χ1v) is 12.3. The highest BCUT2D eigenvalue weighted by Crippen LogP contribution is 2.32. The molecule has 6 nitrogen and oxygen atoms in total.